The zero-order chi connectivity index (χ0) is 16.1. The Morgan fingerprint density at radius 2 is 2.00 bits per heavy atom. The molecular formula is C15H19N3O2S2. The molecule has 0 unspecified atom stereocenters. The Morgan fingerprint density at radius 3 is 2.68 bits per heavy atom. The highest BCUT2D eigenvalue weighted by atomic mass is 32.2. The molecule has 0 saturated heterocycles. The molecule has 0 aliphatic rings. The SMILES string of the molecule is Cc1ccccc1O[C@@H](C)C(=O)Nc1nnc(SC(C)C)s1. The number of aryl methyl sites for hydroxylation is 1. The fourth-order valence-corrected chi connectivity index (χ4v) is 3.63. The molecule has 0 spiro atoms. The molecule has 1 N–H and O–H groups in total. The molecule has 0 saturated carbocycles. The number of nitrogens with zero attached hydrogens (tertiary/aromatic N) is 2. The molecule has 1 aromatic heterocycles. The van der Waals surface area contributed by atoms with Gasteiger partial charge in [-0.3, -0.25) is 10.1 Å². The summed E-state index contributed by atoms with van der Waals surface area (Å²) in [6, 6.07) is 7.61. The minimum absolute atomic E-state index is 0.236. The van der Waals surface area contributed by atoms with E-state index in [1.807, 2.05) is 31.2 Å². The summed E-state index contributed by atoms with van der Waals surface area (Å²) in [6.07, 6.45) is -0.605. The first-order chi connectivity index (χ1) is 10.5. The largest absolute Gasteiger partial charge is 0.481 e. The second-order valence-corrected chi connectivity index (χ2v) is 7.86. The highest BCUT2D eigenvalue weighted by Crippen LogP contribution is 2.28. The van der Waals surface area contributed by atoms with Gasteiger partial charge in [0, 0.05) is 5.25 Å². The lowest BCUT2D eigenvalue weighted by Crippen LogP contribution is -2.30. The molecule has 0 fully saturated rings. The van der Waals surface area contributed by atoms with Crippen LogP contribution in [-0.4, -0.2) is 27.5 Å². The summed E-state index contributed by atoms with van der Waals surface area (Å²) in [7, 11) is 0. The quantitative estimate of drug-likeness (QED) is 0.642. The smallest absolute Gasteiger partial charge is 0.266 e. The van der Waals surface area contributed by atoms with E-state index in [-0.39, 0.29) is 5.91 Å². The van der Waals surface area contributed by atoms with Crippen molar-refractivity contribution in [3.8, 4) is 5.75 Å². The van der Waals surface area contributed by atoms with Crippen LogP contribution in [0.2, 0.25) is 0 Å². The van der Waals surface area contributed by atoms with Gasteiger partial charge in [-0.15, -0.1) is 10.2 Å². The number of hydrogen-bond donors (Lipinski definition) is 1. The summed E-state index contributed by atoms with van der Waals surface area (Å²) in [5.41, 5.74) is 0.994. The van der Waals surface area contributed by atoms with Gasteiger partial charge in [0.2, 0.25) is 5.13 Å². The Labute approximate surface area is 138 Å². The predicted molar refractivity (Wildman–Crippen MR) is 90.8 cm³/mol. The number of para-hydroxylation sites is 1. The zero-order valence-electron chi connectivity index (χ0n) is 13.0. The fraction of sp³-hybridized carbons (Fsp3) is 0.400. The lowest BCUT2D eigenvalue weighted by Gasteiger charge is -2.15. The van der Waals surface area contributed by atoms with Crippen LogP contribution in [0.3, 0.4) is 0 Å². The molecule has 1 amide bonds. The first-order valence-corrected chi connectivity index (χ1v) is 8.68. The van der Waals surface area contributed by atoms with Crippen LogP contribution in [0.15, 0.2) is 28.6 Å². The molecule has 2 aromatic rings. The third-order valence-corrected chi connectivity index (χ3v) is 4.67. The molecule has 1 atom stereocenters. The third-order valence-electron chi connectivity index (χ3n) is 2.74. The molecule has 0 radical (unpaired) electrons. The number of carbonyl (C=O) groups excluding carboxylic acids is 1. The Bertz CT molecular complexity index is 643. The summed E-state index contributed by atoms with van der Waals surface area (Å²) in [6.45, 7) is 7.83. The average molecular weight is 337 g/mol. The highest BCUT2D eigenvalue weighted by Gasteiger charge is 2.18. The summed E-state index contributed by atoms with van der Waals surface area (Å²) < 4.78 is 6.53. The van der Waals surface area contributed by atoms with E-state index in [2.05, 4.69) is 29.4 Å². The molecular weight excluding hydrogens is 318 g/mol. The molecule has 5 nitrogen and oxygen atoms in total. The molecule has 2 rings (SSSR count). The monoisotopic (exact) mass is 337 g/mol. The van der Waals surface area contributed by atoms with Gasteiger partial charge in [-0.05, 0) is 25.5 Å². The Hall–Kier alpha value is -1.60. The number of anilines is 1. The summed E-state index contributed by atoms with van der Waals surface area (Å²) >= 11 is 2.99. The summed E-state index contributed by atoms with van der Waals surface area (Å²) in [5.74, 6) is 0.471. The number of hydrogen-bond acceptors (Lipinski definition) is 6. The topological polar surface area (TPSA) is 64.1 Å². The maximum absolute atomic E-state index is 12.2. The maximum Gasteiger partial charge on any atom is 0.266 e. The minimum atomic E-state index is -0.605. The number of amides is 1. The van der Waals surface area contributed by atoms with Crippen molar-refractivity contribution in [3.63, 3.8) is 0 Å². The van der Waals surface area contributed by atoms with Gasteiger partial charge in [0.15, 0.2) is 10.4 Å². The first-order valence-electron chi connectivity index (χ1n) is 6.99. The number of ether oxygens (including phenoxy) is 1. The zero-order valence-corrected chi connectivity index (χ0v) is 14.6. The second-order valence-electron chi connectivity index (χ2n) is 5.05. The Morgan fingerprint density at radius 1 is 1.27 bits per heavy atom. The molecule has 0 aliphatic carbocycles. The predicted octanol–water partition coefficient (Wildman–Crippen LogP) is 3.75. The van der Waals surface area contributed by atoms with Crippen molar-refractivity contribution in [1.82, 2.24) is 10.2 Å². The average Bonchev–Trinajstić information content (AvgIpc) is 2.87. The summed E-state index contributed by atoms with van der Waals surface area (Å²) in [5, 5.41) is 11.7. The summed E-state index contributed by atoms with van der Waals surface area (Å²) in [4.78, 5) is 12.2. The number of rotatable bonds is 6. The number of carbonyl (C=O) groups is 1. The maximum atomic E-state index is 12.2. The van der Waals surface area contributed by atoms with Crippen LogP contribution in [0.5, 0.6) is 5.75 Å². The second kappa shape index (κ2) is 7.60. The van der Waals surface area contributed by atoms with E-state index in [1.165, 1.54) is 11.3 Å². The van der Waals surface area contributed by atoms with Crippen LogP contribution < -0.4 is 10.1 Å². The van der Waals surface area contributed by atoms with Gasteiger partial charge in [0.1, 0.15) is 5.75 Å². The van der Waals surface area contributed by atoms with E-state index in [1.54, 1.807) is 18.7 Å². The van der Waals surface area contributed by atoms with Crippen molar-refractivity contribution in [2.24, 2.45) is 0 Å². The van der Waals surface area contributed by atoms with Crippen molar-refractivity contribution in [3.05, 3.63) is 29.8 Å². The van der Waals surface area contributed by atoms with Gasteiger partial charge in [0.25, 0.3) is 5.91 Å². The Balaban J connectivity index is 1.94. The van der Waals surface area contributed by atoms with E-state index in [4.69, 9.17) is 4.74 Å². The van der Waals surface area contributed by atoms with Crippen molar-refractivity contribution in [1.29, 1.82) is 0 Å². The minimum Gasteiger partial charge on any atom is -0.481 e. The lowest BCUT2D eigenvalue weighted by molar-refractivity contribution is -0.122. The molecule has 118 valence electrons. The van der Waals surface area contributed by atoms with Crippen LogP contribution in [-0.2, 0) is 4.79 Å². The molecule has 0 bridgehead atoms. The number of aromatic nitrogens is 2. The van der Waals surface area contributed by atoms with Crippen LogP contribution >= 0.6 is 23.1 Å². The van der Waals surface area contributed by atoms with Crippen LogP contribution in [0.1, 0.15) is 26.3 Å². The molecule has 1 heterocycles. The first kappa shape index (κ1) is 16.8. The fourth-order valence-electron chi connectivity index (χ4n) is 1.65. The van der Waals surface area contributed by atoms with Crippen LogP contribution in [0.4, 0.5) is 5.13 Å². The van der Waals surface area contributed by atoms with Gasteiger partial charge in [-0.1, -0.05) is 55.1 Å². The third kappa shape index (κ3) is 4.71. The van der Waals surface area contributed by atoms with E-state index in [0.717, 1.165) is 9.90 Å². The van der Waals surface area contributed by atoms with E-state index in [9.17, 15) is 4.79 Å². The van der Waals surface area contributed by atoms with Gasteiger partial charge in [-0.25, -0.2) is 0 Å². The van der Waals surface area contributed by atoms with Gasteiger partial charge in [-0.2, -0.15) is 0 Å². The highest BCUT2D eigenvalue weighted by molar-refractivity contribution is 8.01. The van der Waals surface area contributed by atoms with Gasteiger partial charge < -0.3 is 4.74 Å². The van der Waals surface area contributed by atoms with E-state index < -0.39 is 6.10 Å². The van der Waals surface area contributed by atoms with Crippen molar-refractivity contribution >= 4 is 34.1 Å². The molecule has 22 heavy (non-hydrogen) atoms. The number of benzene rings is 1. The lowest BCUT2D eigenvalue weighted by atomic mass is 10.2. The van der Waals surface area contributed by atoms with Crippen molar-refractivity contribution in [2.45, 2.75) is 43.4 Å². The van der Waals surface area contributed by atoms with Crippen molar-refractivity contribution < 1.29 is 9.53 Å². The van der Waals surface area contributed by atoms with Crippen LogP contribution in [0, 0.1) is 6.92 Å². The normalized spacial score (nSPS) is 12.2. The molecule has 7 heteroatoms. The van der Waals surface area contributed by atoms with E-state index >= 15 is 0 Å². The standard InChI is InChI=1S/C15H19N3O2S2/c1-9(2)21-15-18-17-14(22-15)16-13(19)11(4)20-12-8-6-5-7-10(12)3/h5-9,11H,1-4H3,(H,16,17,19)/t11-/m0/s1. The molecule has 0 aliphatic heterocycles. The number of thioether (sulfide) groups is 1. The van der Waals surface area contributed by atoms with Gasteiger partial charge in [0.05, 0.1) is 0 Å². The number of nitrogens with one attached hydrogen (secondary N) is 1. The van der Waals surface area contributed by atoms with Crippen LogP contribution in [0.25, 0.3) is 0 Å². The van der Waals surface area contributed by atoms with E-state index in [0.29, 0.717) is 16.1 Å². The van der Waals surface area contributed by atoms with Crippen molar-refractivity contribution in [2.75, 3.05) is 5.32 Å². The van der Waals surface area contributed by atoms with Gasteiger partial charge >= 0.3 is 0 Å². The molecule has 1 aromatic carbocycles. The Kier molecular flexibility index (Phi) is 5.79.